The predicted molar refractivity (Wildman–Crippen MR) is 105 cm³/mol. The normalized spacial score (nSPS) is 15.0. The van der Waals surface area contributed by atoms with Gasteiger partial charge in [-0.1, -0.05) is 24.3 Å². The summed E-state index contributed by atoms with van der Waals surface area (Å²) in [5, 5.41) is 9.18. The Hall–Kier alpha value is -2.64. The summed E-state index contributed by atoms with van der Waals surface area (Å²) in [5.41, 5.74) is 1.24. The van der Waals surface area contributed by atoms with Crippen LogP contribution in [0.25, 0.3) is 0 Å². The smallest absolute Gasteiger partial charge is 0.274 e. The number of ether oxygens (including phenoxy) is 1. The van der Waals surface area contributed by atoms with Crippen molar-refractivity contribution in [3.8, 4) is 5.75 Å². The maximum Gasteiger partial charge on any atom is 0.274 e. The summed E-state index contributed by atoms with van der Waals surface area (Å²) >= 11 is 1.78. The standard InChI is InChI=1S/C20H22N4O2S/c25-20(24-10-8-23(9-11-24)14-18-7-4-12-27-18)19-13-16(21-22-19)15-26-17-5-2-1-3-6-17/h1-7,12-13H,8-11,14-15H2,(H,21,22). The van der Waals surface area contributed by atoms with E-state index >= 15 is 0 Å². The van der Waals surface area contributed by atoms with Crippen molar-refractivity contribution in [2.45, 2.75) is 13.2 Å². The average molecular weight is 382 g/mol. The second-order valence-electron chi connectivity index (χ2n) is 6.53. The number of carbonyl (C=O) groups is 1. The van der Waals surface area contributed by atoms with Crippen LogP contribution >= 0.6 is 11.3 Å². The van der Waals surface area contributed by atoms with Crippen molar-refractivity contribution >= 4 is 17.2 Å². The van der Waals surface area contributed by atoms with Gasteiger partial charge in [0.1, 0.15) is 12.4 Å². The highest BCUT2D eigenvalue weighted by molar-refractivity contribution is 7.09. The summed E-state index contributed by atoms with van der Waals surface area (Å²) in [6.45, 7) is 4.55. The highest BCUT2D eigenvalue weighted by Gasteiger charge is 2.24. The average Bonchev–Trinajstić information content (AvgIpc) is 3.39. The molecule has 27 heavy (non-hydrogen) atoms. The Labute approximate surface area is 162 Å². The summed E-state index contributed by atoms with van der Waals surface area (Å²) in [4.78, 5) is 18.3. The maximum absolute atomic E-state index is 12.7. The molecule has 0 spiro atoms. The van der Waals surface area contributed by atoms with Crippen molar-refractivity contribution in [1.82, 2.24) is 20.0 Å². The summed E-state index contributed by atoms with van der Waals surface area (Å²) in [6.07, 6.45) is 0. The number of hydrogen-bond acceptors (Lipinski definition) is 5. The molecule has 2 aromatic heterocycles. The molecule has 1 aromatic carbocycles. The zero-order valence-electron chi connectivity index (χ0n) is 15.0. The lowest BCUT2D eigenvalue weighted by atomic mass is 10.2. The lowest BCUT2D eigenvalue weighted by molar-refractivity contribution is 0.0624. The number of nitrogens with one attached hydrogen (secondary N) is 1. The number of nitrogens with zero attached hydrogens (tertiary/aromatic N) is 3. The molecule has 3 aromatic rings. The first-order chi connectivity index (χ1) is 13.3. The Balaban J connectivity index is 1.28. The van der Waals surface area contributed by atoms with Gasteiger partial charge in [-0.2, -0.15) is 5.10 Å². The maximum atomic E-state index is 12.7. The summed E-state index contributed by atoms with van der Waals surface area (Å²) in [6, 6.07) is 15.6. The van der Waals surface area contributed by atoms with Gasteiger partial charge in [-0.3, -0.25) is 14.8 Å². The van der Waals surface area contributed by atoms with Gasteiger partial charge in [0.05, 0.1) is 5.69 Å². The van der Waals surface area contributed by atoms with Gasteiger partial charge in [-0.05, 0) is 29.6 Å². The number of hydrogen-bond donors (Lipinski definition) is 1. The summed E-state index contributed by atoms with van der Waals surface area (Å²) < 4.78 is 5.69. The van der Waals surface area contributed by atoms with Crippen molar-refractivity contribution in [3.63, 3.8) is 0 Å². The van der Waals surface area contributed by atoms with Crippen LogP contribution < -0.4 is 4.74 Å². The number of thiophene rings is 1. The van der Waals surface area contributed by atoms with Crippen LogP contribution in [0.2, 0.25) is 0 Å². The SMILES string of the molecule is O=C(c1cc(COc2ccccc2)[nH]n1)N1CCN(Cc2cccs2)CC1. The van der Waals surface area contributed by atoms with Gasteiger partial charge in [-0.25, -0.2) is 0 Å². The summed E-state index contributed by atoms with van der Waals surface area (Å²) in [7, 11) is 0. The van der Waals surface area contributed by atoms with E-state index in [1.807, 2.05) is 35.2 Å². The number of amides is 1. The van der Waals surface area contributed by atoms with Crippen LogP contribution in [0.15, 0.2) is 53.9 Å². The van der Waals surface area contributed by atoms with Crippen molar-refractivity contribution in [3.05, 3.63) is 70.2 Å². The monoisotopic (exact) mass is 382 g/mol. The van der Waals surface area contributed by atoms with Crippen molar-refractivity contribution < 1.29 is 9.53 Å². The molecule has 0 saturated carbocycles. The number of aromatic nitrogens is 2. The third-order valence-corrected chi connectivity index (χ3v) is 5.47. The fourth-order valence-corrected chi connectivity index (χ4v) is 3.86. The van der Waals surface area contributed by atoms with Gasteiger partial charge < -0.3 is 9.64 Å². The molecule has 140 valence electrons. The molecule has 4 rings (SSSR count). The zero-order valence-corrected chi connectivity index (χ0v) is 15.8. The van der Waals surface area contributed by atoms with E-state index in [0.717, 1.165) is 44.2 Å². The molecule has 0 aliphatic carbocycles. The van der Waals surface area contributed by atoms with Crippen molar-refractivity contribution in [1.29, 1.82) is 0 Å². The third-order valence-electron chi connectivity index (χ3n) is 4.61. The zero-order chi connectivity index (χ0) is 18.5. The Kier molecular flexibility index (Phi) is 5.50. The first-order valence-electron chi connectivity index (χ1n) is 9.04. The number of benzene rings is 1. The van der Waals surface area contributed by atoms with Crippen LogP contribution in [-0.4, -0.2) is 52.1 Å². The molecule has 0 bridgehead atoms. The Morgan fingerprint density at radius 3 is 2.67 bits per heavy atom. The fourth-order valence-electron chi connectivity index (χ4n) is 3.12. The summed E-state index contributed by atoms with van der Waals surface area (Å²) in [5.74, 6) is 0.773. The van der Waals surface area contributed by atoms with Gasteiger partial charge in [0.15, 0.2) is 5.69 Å². The van der Waals surface area contributed by atoms with Crippen LogP contribution in [0, 0.1) is 0 Å². The second kappa shape index (κ2) is 8.37. The highest BCUT2D eigenvalue weighted by atomic mass is 32.1. The van der Waals surface area contributed by atoms with Crippen molar-refractivity contribution in [2.24, 2.45) is 0 Å². The van der Waals surface area contributed by atoms with Gasteiger partial charge in [-0.15, -0.1) is 11.3 Å². The molecule has 1 N–H and O–H groups in total. The number of H-pyrrole nitrogens is 1. The minimum absolute atomic E-state index is 0.0204. The van der Waals surface area contributed by atoms with E-state index in [1.54, 1.807) is 17.4 Å². The lowest BCUT2D eigenvalue weighted by Crippen LogP contribution is -2.48. The lowest BCUT2D eigenvalue weighted by Gasteiger charge is -2.34. The van der Waals surface area contributed by atoms with E-state index in [1.165, 1.54) is 4.88 Å². The topological polar surface area (TPSA) is 61.5 Å². The molecule has 6 nitrogen and oxygen atoms in total. The Morgan fingerprint density at radius 2 is 1.93 bits per heavy atom. The molecular formula is C20H22N4O2S. The molecule has 1 aliphatic heterocycles. The van der Waals surface area contributed by atoms with E-state index in [2.05, 4.69) is 32.6 Å². The molecule has 1 aliphatic rings. The number of para-hydroxylation sites is 1. The van der Waals surface area contributed by atoms with Crippen LogP contribution in [-0.2, 0) is 13.2 Å². The minimum atomic E-state index is -0.0204. The molecule has 1 saturated heterocycles. The van der Waals surface area contributed by atoms with E-state index < -0.39 is 0 Å². The molecular weight excluding hydrogens is 360 g/mol. The van der Waals surface area contributed by atoms with E-state index in [0.29, 0.717) is 12.3 Å². The van der Waals surface area contributed by atoms with Crippen molar-refractivity contribution in [2.75, 3.05) is 26.2 Å². The van der Waals surface area contributed by atoms with Gasteiger partial charge >= 0.3 is 0 Å². The minimum Gasteiger partial charge on any atom is -0.487 e. The highest BCUT2D eigenvalue weighted by Crippen LogP contribution is 2.15. The molecule has 0 atom stereocenters. The van der Waals surface area contributed by atoms with E-state index in [9.17, 15) is 4.79 Å². The van der Waals surface area contributed by atoms with Crippen LogP contribution in [0.1, 0.15) is 21.1 Å². The second-order valence-corrected chi connectivity index (χ2v) is 7.56. The Morgan fingerprint density at radius 1 is 1.11 bits per heavy atom. The largest absolute Gasteiger partial charge is 0.487 e. The van der Waals surface area contributed by atoms with E-state index in [-0.39, 0.29) is 5.91 Å². The molecule has 0 radical (unpaired) electrons. The molecule has 1 fully saturated rings. The van der Waals surface area contributed by atoms with Crippen LogP contribution in [0.3, 0.4) is 0 Å². The van der Waals surface area contributed by atoms with Gasteiger partial charge in [0.25, 0.3) is 5.91 Å². The molecule has 7 heteroatoms. The van der Waals surface area contributed by atoms with Gasteiger partial charge in [0.2, 0.25) is 0 Å². The van der Waals surface area contributed by atoms with Gasteiger partial charge in [0, 0.05) is 37.6 Å². The van der Waals surface area contributed by atoms with E-state index in [4.69, 9.17) is 4.74 Å². The van der Waals surface area contributed by atoms with Crippen LogP contribution in [0.5, 0.6) is 5.75 Å². The number of piperazine rings is 1. The first kappa shape index (κ1) is 17.8. The quantitative estimate of drug-likeness (QED) is 0.712. The molecule has 3 heterocycles. The number of rotatable bonds is 6. The fraction of sp³-hybridized carbons (Fsp3) is 0.300. The molecule has 1 amide bonds. The first-order valence-corrected chi connectivity index (χ1v) is 9.92. The third kappa shape index (κ3) is 4.56. The molecule has 0 unspecified atom stereocenters. The van der Waals surface area contributed by atoms with Crippen LogP contribution in [0.4, 0.5) is 0 Å². The number of aromatic amines is 1. The predicted octanol–water partition coefficient (Wildman–Crippen LogP) is 3.01. The Bertz CT molecular complexity index is 855. The number of carbonyl (C=O) groups excluding carboxylic acids is 1.